The molecule has 1 aromatic heterocycles. The maximum absolute atomic E-state index is 13.0. The lowest BCUT2D eigenvalue weighted by molar-refractivity contribution is -0.137. The van der Waals surface area contributed by atoms with Gasteiger partial charge in [-0.25, -0.2) is 4.98 Å². The number of β-amino-alcohol motifs (C(OH)–C–C–N with tert-alkyl or cyclic N) is 1. The highest BCUT2D eigenvalue weighted by molar-refractivity contribution is 5.91. The number of amides is 1. The van der Waals surface area contributed by atoms with Crippen molar-refractivity contribution in [3.63, 3.8) is 0 Å². The molecule has 0 fully saturated rings. The van der Waals surface area contributed by atoms with Crippen LogP contribution in [0.3, 0.4) is 0 Å². The van der Waals surface area contributed by atoms with Crippen LogP contribution in [-0.4, -0.2) is 45.3 Å². The van der Waals surface area contributed by atoms with E-state index in [1.807, 2.05) is 12.1 Å². The number of halogens is 3. The average molecular weight is 484 g/mol. The molecule has 0 bridgehead atoms. The van der Waals surface area contributed by atoms with Crippen LogP contribution in [0.4, 0.5) is 24.5 Å². The van der Waals surface area contributed by atoms with Gasteiger partial charge in [0.15, 0.2) is 0 Å². The first-order chi connectivity index (χ1) is 16.7. The molecule has 1 aliphatic heterocycles. The molecule has 1 atom stereocenters. The summed E-state index contributed by atoms with van der Waals surface area (Å²) < 4.78 is 39.1. The maximum Gasteiger partial charge on any atom is 0.416 e. The Morgan fingerprint density at radius 3 is 2.49 bits per heavy atom. The van der Waals surface area contributed by atoms with Gasteiger partial charge in [-0.15, -0.1) is 0 Å². The van der Waals surface area contributed by atoms with E-state index in [0.717, 1.165) is 23.4 Å². The maximum atomic E-state index is 13.0. The fourth-order valence-corrected chi connectivity index (χ4v) is 3.84. The molecule has 4 rings (SSSR count). The highest BCUT2D eigenvalue weighted by Crippen LogP contribution is 2.37. The van der Waals surface area contributed by atoms with Gasteiger partial charge in [0.25, 0.3) is 5.91 Å². The molecule has 182 valence electrons. The number of alkyl halides is 3. The Labute approximate surface area is 199 Å². The fraction of sp³-hybridized carbons (Fsp3) is 0.200. The first-order valence-corrected chi connectivity index (χ1v) is 10.7. The van der Waals surface area contributed by atoms with Crippen LogP contribution in [0.2, 0.25) is 0 Å². The zero-order valence-corrected chi connectivity index (χ0v) is 18.5. The van der Waals surface area contributed by atoms with Crippen molar-refractivity contribution in [2.75, 3.05) is 18.1 Å². The predicted octanol–water partition coefficient (Wildman–Crippen LogP) is 3.64. The lowest BCUT2D eigenvalue weighted by Gasteiger charge is -2.23. The largest absolute Gasteiger partial charge is 0.416 e. The number of aliphatic hydroxyl groups excluding tert-OH is 2. The van der Waals surface area contributed by atoms with Crippen molar-refractivity contribution >= 4 is 17.3 Å². The number of nitrogens with two attached hydrogens (primary N) is 1. The third kappa shape index (κ3) is 5.44. The van der Waals surface area contributed by atoms with Gasteiger partial charge in [0, 0.05) is 36.7 Å². The van der Waals surface area contributed by atoms with E-state index in [1.54, 1.807) is 40.4 Å². The number of fused-ring (bicyclic) bond motifs is 1. The van der Waals surface area contributed by atoms with Crippen molar-refractivity contribution in [3.05, 3.63) is 89.9 Å². The van der Waals surface area contributed by atoms with E-state index >= 15 is 0 Å². The minimum absolute atomic E-state index is 0.123. The van der Waals surface area contributed by atoms with E-state index < -0.39 is 30.4 Å². The monoisotopic (exact) mass is 484 g/mol. The number of pyridine rings is 1. The van der Waals surface area contributed by atoms with E-state index in [9.17, 15) is 28.2 Å². The van der Waals surface area contributed by atoms with E-state index in [1.165, 1.54) is 18.2 Å². The van der Waals surface area contributed by atoms with Gasteiger partial charge in [0.05, 0.1) is 29.7 Å². The molecule has 0 aliphatic carbocycles. The third-order valence-electron chi connectivity index (χ3n) is 5.57. The summed E-state index contributed by atoms with van der Waals surface area (Å²) in [4.78, 5) is 19.4. The van der Waals surface area contributed by atoms with Crippen molar-refractivity contribution in [2.45, 2.75) is 18.8 Å². The summed E-state index contributed by atoms with van der Waals surface area (Å²) in [5, 5.41) is 19.2. The smallest absolute Gasteiger partial charge is 0.394 e. The molecule has 2 aromatic carbocycles. The summed E-state index contributed by atoms with van der Waals surface area (Å²) in [6.45, 7) is 0.0833. The van der Waals surface area contributed by atoms with Crippen molar-refractivity contribution in [3.8, 4) is 11.3 Å². The van der Waals surface area contributed by atoms with Crippen molar-refractivity contribution in [1.82, 2.24) is 9.88 Å². The second kappa shape index (κ2) is 9.77. The number of hydrogen-bond donors (Lipinski definition) is 3. The fourth-order valence-electron chi connectivity index (χ4n) is 3.84. The molecular formula is C25H23F3N4O3. The number of nitrogens with zero attached hydrogens (tertiary/aromatic N) is 3. The van der Waals surface area contributed by atoms with Crippen LogP contribution >= 0.6 is 0 Å². The predicted molar refractivity (Wildman–Crippen MR) is 124 cm³/mol. The minimum atomic E-state index is -4.44. The van der Waals surface area contributed by atoms with Crippen LogP contribution in [0.15, 0.2) is 73.1 Å². The number of carbonyl (C=O) groups excluding carboxylic acids is 1. The van der Waals surface area contributed by atoms with Gasteiger partial charge in [0.2, 0.25) is 0 Å². The molecule has 10 heteroatoms. The van der Waals surface area contributed by atoms with Gasteiger partial charge in [-0.2, -0.15) is 13.2 Å². The Bertz CT molecular complexity index is 1250. The van der Waals surface area contributed by atoms with Crippen LogP contribution < -0.4 is 10.6 Å². The van der Waals surface area contributed by atoms with Crippen LogP contribution in [0.5, 0.6) is 0 Å². The Hall–Kier alpha value is -3.89. The van der Waals surface area contributed by atoms with Crippen LogP contribution in [0.25, 0.3) is 11.3 Å². The molecular weight excluding hydrogens is 461 g/mol. The second-order valence-corrected chi connectivity index (χ2v) is 8.09. The van der Waals surface area contributed by atoms with Gasteiger partial charge in [-0.3, -0.25) is 4.79 Å². The number of hydrogen-bond acceptors (Lipinski definition) is 6. The van der Waals surface area contributed by atoms with Gasteiger partial charge in [-0.05, 0) is 54.1 Å². The number of anilines is 2. The number of aromatic nitrogens is 1. The molecule has 1 unspecified atom stereocenters. The lowest BCUT2D eigenvalue weighted by atomic mass is 10.0. The molecule has 3 aromatic rings. The summed E-state index contributed by atoms with van der Waals surface area (Å²) in [6.07, 6.45) is -2.01. The highest BCUT2D eigenvalue weighted by Gasteiger charge is 2.30. The summed E-state index contributed by atoms with van der Waals surface area (Å²) in [6, 6.07) is 15.2. The standard InChI is InChI=1S/C25H23F3N4O3/c26-25(27,28)18-5-7-19(8-6-18)32-11-10-31(14-20(34)15-33)13-17-12-16(4-9-23(17)32)21-2-1-3-22(30-21)24(29)35/h1-12,20,33-34H,13-15H2,(H2,29,35). The van der Waals surface area contributed by atoms with Crippen molar-refractivity contribution in [1.29, 1.82) is 0 Å². The van der Waals surface area contributed by atoms with E-state index in [2.05, 4.69) is 4.98 Å². The molecule has 0 spiro atoms. The molecule has 35 heavy (non-hydrogen) atoms. The van der Waals surface area contributed by atoms with E-state index in [0.29, 0.717) is 23.5 Å². The molecule has 0 saturated heterocycles. The molecule has 1 amide bonds. The zero-order chi connectivity index (χ0) is 25.2. The van der Waals surface area contributed by atoms with Crippen molar-refractivity contribution in [2.24, 2.45) is 5.73 Å². The Balaban J connectivity index is 1.76. The second-order valence-electron chi connectivity index (χ2n) is 8.09. The molecule has 1 aliphatic rings. The first-order valence-electron chi connectivity index (χ1n) is 10.7. The normalized spacial score (nSPS) is 14.4. The number of carbonyl (C=O) groups is 1. The van der Waals surface area contributed by atoms with Crippen LogP contribution in [-0.2, 0) is 12.7 Å². The minimum Gasteiger partial charge on any atom is -0.394 e. The van der Waals surface area contributed by atoms with Gasteiger partial charge in [-0.1, -0.05) is 12.1 Å². The van der Waals surface area contributed by atoms with Crippen molar-refractivity contribution < 1.29 is 28.2 Å². The Kier molecular flexibility index (Phi) is 6.77. The molecule has 0 radical (unpaired) electrons. The van der Waals surface area contributed by atoms with Gasteiger partial charge in [0.1, 0.15) is 5.69 Å². The molecule has 2 heterocycles. The average Bonchev–Trinajstić information content (AvgIpc) is 3.02. The molecule has 4 N–H and O–H groups in total. The number of rotatable bonds is 6. The Morgan fingerprint density at radius 1 is 1.09 bits per heavy atom. The van der Waals surface area contributed by atoms with E-state index in [-0.39, 0.29) is 12.2 Å². The number of benzene rings is 2. The third-order valence-corrected chi connectivity index (χ3v) is 5.57. The summed E-state index contributed by atoms with van der Waals surface area (Å²) in [5.74, 6) is -0.650. The number of aliphatic hydroxyl groups is 2. The lowest BCUT2D eigenvalue weighted by Crippen LogP contribution is -2.30. The topological polar surface area (TPSA) is 103 Å². The molecule has 7 nitrogen and oxygen atoms in total. The quantitative estimate of drug-likeness (QED) is 0.494. The first kappa shape index (κ1) is 24.2. The highest BCUT2D eigenvalue weighted by atomic mass is 19.4. The van der Waals surface area contributed by atoms with Crippen LogP contribution in [0, 0.1) is 0 Å². The Morgan fingerprint density at radius 2 is 1.83 bits per heavy atom. The summed E-state index contributed by atoms with van der Waals surface area (Å²) in [7, 11) is 0. The zero-order valence-electron chi connectivity index (χ0n) is 18.5. The van der Waals surface area contributed by atoms with Crippen LogP contribution in [0.1, 0.15) is 21.6 Å². The molecule has 0 saturated carbocycles. The van der Waals surface area contributed by atoms with Gasteiger partial charge < -0.3 is 25.7 Å². The number of primary amides is 1. The van der Waals surface area contributed by atoms with Gasteiger partial charge >= 0.3 is 6.18 Å². The summed E-state index contributed by atoms with van der Waals surface area (Å²) >= 11 is 0. The van der Waals surface area contributed by atoms with E-state index in [4.69, 9.17) is 5.73 Å². The SMILES string of the molecule is NC(=O)c1cccc(-c2ccc3c(c2)CN(CC(O)CO)C=CN3c2ccc(C(F)(F)F)cc2)n1. The summed E-state index contributed by atoms with van der Waals surface area (Å²) in [5.41, 5.74) is 8.00.